The van der Waals surface area contributed by atoms with E-state index in [2.05, 4.69) is 21.1 Å². The molecule has 0 aliphatic rings. The maximum Gasteiger partial charge on any atom is 0.289 e. The number of hydrogen-bond acceptors (Lipinski definition) is 3. The van der Waals surface area contributed by atoms with Gasteiger partial charge in [-0.15, -0.1) is 0 Å². The highest BCUT2D eigenvalue weighted by atomic mass is 19.1. The van der Waals surface area contributed by atoms with Gasteiger partial charge < -0.3 is 0 Å². The fourth-order valence-electron chi connectivity index (χ4n) is 0.374. The largest absolute Gasteiger partial charge is 0.295 e. The third-order valence-corrected chi connectivity index (χ3v) is 0.823. The molecular weight excluding hydrogens is 165 g/mol. The van der Waals surface area contributed by atoms with Crippen LogP contribution in [0.2, 0.25) is 0 Å². The lowest BCUT2D eigenvalue weighted by atomic mass is 10.6. The van der Waals surface area contributed by atoms with Crippen molar-refractivity contribution in [1.29, 1.82) is 0 Å². The lowest BCUT2D eigenvalue weighted by Crippen LogP contribution is -2.35. The second-order valence-corrected chi connectivity index (χ2v) is 1.44. The first-order valence-electron chi connectivity index (χ1n) is 2.63. The zero-order chi connectivity index (χ0) is 8.74. The van der Waals surface area contributed by atoms with Gasteiger partial charge in [0, 0.05) is 6.92 Å². The monoisotopic (exact) mass is 173 g/mol. The molecule has 0 aliphatic carbocycles. The van der Waals surface area contributed by atoms with Crippen molar-refractivity contribution < 1.29 is 27.4 Å². The van der Waals surface area contributed by atoms with Crippen LogP contribution in [0.15, 0.2) is 0 Å². The first-order valence-corrected chi connectivity index (χ1v) is 2.63. The molecule has 0 aromatic heterocycles. The lowest BCUT2D eigenvalue weighted by molar-refractivity contribution is -0.378. The van der Waals surface area contributed by atoms with E-state index in [0.717, 1.165) is 0 Å². The Morgan fingerprint density at radius 3 is 1.36 bits per heavy atom. The molecule has 0 atom stereocenters. The molecule has 0 N–H and O–H groups in total. The molecule has 1 radical (unpaired) electrons. The fourth-order valence-corrected chi connectivity index (χ4v) is 0.374. The first-order chi connectivity index (χ1) is 5.18. The number of halogens is 3. The van der Waals surface area contributed by atoms with Crippen LogP contribution in [0.1, 0.15) is 0 Å². The number of ether oxygens (including phenoxy) is 3. The molecule has 11 heavy (non-hydrogen) atoms. The van der Waals surface area contributed by atoms with Crippen molar-refractivity contribution in [3.05, 3.63) is 6.92 Å². The standard InChI is InChI=1S/C5H8F3O3/c1-5(9-2-6,10-3-7)11-4-8/h1-4H2. The number of hydrogen-bond donors (Lipinski definition) is 0. The van der Waals surface area contributed by atoms with Gasteiger partial charge in [0.15, 0.2) is 20.6 Å². The van der Waals surface area contributed by atoms with Gasteiger partial charge in [-0.05, 0) is 0 Å². The number of rotatable bonds is 6. The second kappa shape index (κ2) is 5.34. The maximum absolute atomic E-state index is 11.5. The van der Waals surface area contributed by atoms with E-state index in [1.165, 1.54) is 0 Å². The van der Waals surface area contributed by atoms with Crippen molar-refractivity contribution in [3.63, 3.8) is 0 Å². The molecule has 0 aliphatic heterocycles. The van der Waals surface area contributed by atoms with Gasteiger partial charge in [-0.2, -0.15) is 0 Å². The topological polar surface area (TPSA) is 27.7 Å². The van der Waals surface area contributed by atoms with E-state index < -0.39 is 26.6 Å². The Labute approximate surface area is 62.0 Å². The van der Waals surface area contributed by atoms with E-state index >= 15 is 0 Å². The molecule has 0 rings (SSSR count). The van der Waals surface area contributed by atoms with Crippen molar-refractivity contribution in [2.24, 2.45) is 0 Å². The van der Waals surface area contributed by atoms with Gasteiger partial charge in [0.1, 0.15) is 0 Å². The van der Waals surface area contributed by atoms with Gasteiger partial charge >= 0.3 is 0 Å². The van der Waals surface area contributed by atoms with E-state index in [-0.39, 0.29) is 0 Å². The maximum atomic E-state index is 11.5. The Morgan fingerprint density at radius 1 is 0.909 bits per heavy atom. The van der Waals surface area contributed by atoms with Gasteiger partial charge in [0.2, 0.25) is 0 Å². The van der Waals surface area contributed by atoms with Gasteiger partial charge in [-0.3, -0.25) is 14.2 Å². The molecule has 3 nitrogen and oxygen atoms in total. The Balaban J connectivity index is 3.79. The molecule has 67 valence electrons. The molecular formula is C5H8F3O3. The molecule has 0 unspecified atom stereocenters. The second-order valence-electron chi connectivity index (χ2n) is 1.44. The van der Waals surface area contributed by atoms with E-state index in [9.17, 15) is 13.2 Å². The highest BCUT2D eigenvalue weighted by molar-refractivity contribution is 4.56. The summed E-state index contributed by atoms with van der Waals surface area (Å²) in [6.07, 6.45) is 0. The summed E-state index contributed by atoms with van der Waals surface area (Å²) in [5, 5.41) is 0. The minimum atomic E-state index is -2.22. The van der Waals surface area contributed by atoms with Crippen LogP contribution in [0, 0.1) is 6.92 Å². The molecule has 0 spiro atoms. The molecule has 0 saturated heterocycles. The average Bonchev–Trinajstić information content (AvgIpc) is 1.88. The van der Waals surface area contributed by atoms with Crippen molar-refractivity contribution in [2.75, 3.05) is 20.6 Å². The Morgan fingerprint density at radius 2 is 1.18 bits per heavy atom. The van der Waals surface area contributed by atoms with Crippen LogP contribution in [0.3, 0.4) is 0 Å². The van der Waals surface area contributed by atoms with Gasteiger partial charge in [0.25, 0.3) is 5.97 Å². The summed E-state index contributed by atoms with van der Waals surface area (Å²) in [4.78, 5) is 0. The first kappa shape index (κ1) is 10.7. The summed E-state index contributed by atoms with van der Waals surface area (Å²) in [7, 11) is 0. The van der Waals surface area contributed by atoms with E-state index in [1.807, 2.05) is 0 Å². The Kier molecular flexibility index (Phi) is 5.18. The minimum absolute atomic E-state index is 1.30. The fraction of sp³-hybridized carbons (Fsp3) is 0.800. The smallest absolute Gasteiger partial charge is 0.289 e. The summed E-state index contributed by atoms with van der Waals surface area (Å²) >= 11 is 0. The molecule has 0 amide bonds. The Hall–Kier alpha value is -0.330. The predicted octanol–water partition coefficient (Wildman–Crippen LogP) is 1.31. The van der Waals surface area contributed by atoms with Crippen molar-refractivity contribution in [2.45, 2.75) is 5.97 Å². The van der Waals surface area contributed by atoms with E-state index in [1.54, 1.807) is 0 Å². The molecule has 0 saturated carbocycles. The SMILES string of the molecule is [CH2]C(OCF)(OCF)OCF. The Bertz CT molecular complexity index is 84.0. The zero-order valence-corrected chi connectivity index (χ0v) is 5.69. The summed E-state index contributed by atoms with van der Waals surface area (Å²) in [5.74, 6) is -2.22. The molecule has 0 fully saturated rings. The van der Waals surface area contributed by atoms with Gasteiger partial charge in [-0.25, -0.2) is 13.2 Å². The van der Waals surface area contributed by atoms with Crippen LogP contribution in [0.5, 0.6) is 0 Å². The minimum Gasteiger partial charge on any atom is -0.295 e. The molecule has 0 heterocycles. The van der Waals surface area contributed by atoms with Crippen molar-refractivity contribution in [3.8, 4) is 0 Å². The van der Waals surface area contributed by atoms with E-state index in [4.69, 9.17) is 0 Å². The van der Waals surface area contributed by atoms with Crippen LogP contribution in [-0.2, 0) is 14.2 Å². The quantitative estimate of drug-likeness (QED) is 0.566. The molecule has 0 aromatic carbocycles. The molecule has 6 heteroatoms. The summed E-state index contributed by atoms with van der Waals surface area (Å²) < 4.78 is 46.4. The van der Waals surface area contributed by atoms with Crippen LogP contribution in [-0.4, -0.2) is 26.6 Å². The molecule has 0 bridgehead atoms. The van der Waals surface area contributed by atoms with Crippen LogP contribution < -0.4 is 0 Å². The van der Waals surface area contributed by atoms with Crippen LogP contribution in [0.25, 0.3) is 0 Å². The predicted molar refractivity (Wildman–Crippen MR) is 29.3 cm³/mol. The highest BCUT2D eigenvalue weighted by Gasteiger charge is 2.27. The van der Waals surface area contributed by atoms with Gasteiger partial charge in [-0.1, -0.05) is 0 Å². The third-order valence-electron chi connectivity index (χ3n) is 0.823. The normalized spacial score (nSPS) is 12.0. The van der Waals surface area contributed by atoms with Crippen LogP contribution >= 0.6 is 0 Å². The van der Waals surface area contributed by atoms with Gasteiger partial charge in [0.05, 0.1) is 0 Å². The van der Waals surface area contributed by atoms with E-state index in [0.29, 0.717) is 0 Å². The highest BCUT2D eigenvalue weighted by Crippen LogP contribution is 2.13. The van der Waals surface area contributed by atoms with Crippen LogP contribution in [0.4, 0.5) is 13.2 Å². The number of alkyl halides is 3. The summed E-state index contributed by atoms with van der Waals surface area (Å²) in [5.41, 5.74) is 0. The van der Waals surface area contributed by atoms with Crippen molar-refractivity contribution in [1.82, 2.24) is 0 Å². The van der Waals surface area contributed by atoms with Crippen molar-refractivity contribution >= 4 is 0 Å². The average molecular weight is 173 g/mol. The lowest BCUT2D eigenvalue weighted by Gasteiger charge is -2.24. The zero-order valence-electron chi connectivity index (χ0n) is 5.69. The third kappa shape index (κ3) is 4.18. The summed E-state index contributed by atoms with van der Waals surface area (Å²) in [6, 6.07) is 0. The molecule has 0 aromatic rings. The summed E-state index contributed by atoms with van der Waals surface area (Å²) in [6.45, 7) is -0.954.